The van der Waals surface area contributed by atoms with E-state index in [1.165, 1.54) is 4.90 Å². The number of nitrogens with one attached hydrogen (secondary N) is 1. The third-order valence-corrected chi connectivity index (χ3v) is 6.28. The van der Waals surface area contributed by atoms with E-state index in [9.17, 15) is 4.79 Å². The van der Waals surface area contributed by atoms with Crippen molar-refractivity contribution in [2.75, 3.05) is 6.26 Å². The molecule has 4 nitrogen and oxygen atoms in total. The van der Waals surface area contributed by atoms with Crippen LogP contribution < -0.4 is 0 Å². The standard InChI is InChI=1S/C25H21N3OS/c1-30-20-14-12-19(13-15-20)24-21-22(18-10-6-3-7-11-18)26-27-23(21)25(29)28(24)16-17-8-4-2-5-9-17/h2-15,24H,16H2,1H3,(H,26,27). The molecule has 1 aromatic heterocycles. The Kier molecular flexibility index (Phi) is 4.89. The van der Waals surface area contributed by atoms with Gasteiger partial charge >= 0.3 is 0 Å². The number of thioether (sulfide) groups is 1. The normalized spacial score (nSPS) is 15.4. The van der Waals surface area contributed by atoms with Crippen molar-refractivity contribution >= 4 is 17.7 Å². The molecule has 0 fully saturated rings. The highest BCUT2D eigenvalue weighted by atomic mass is 32.2. The summed E-state index contributed by atoms with van der Waals surface area (Å²) < 4.78 is 0. The van der Waals surface area contributed by atoms with E-state index in [4.69, 9.17) is 0 Å². The van der Waals surface area contributed by atoms with Crippen LogP contribution in [0.4, 0.5) is 0 Å². The molecule has 3 aromatic carbocycles. The molecular weight excluding hydrogens is 390 g/mol. The lowest BCUT2D eigenvalue weighted by molar-refractivity contribution is 0.0730. The predicted octanol–water partition coefficient (Wildman–Crippen LogP) is 5.54. The third kappa shape index (κ3) is 3.21. The van der Waals surface area contributed by atoms with Crippen LogP contribution in [0.25, 0.3) is 11.3 Å². The largest absolute Gasteiger partial charge is 0.322 e. The van der Waals surface area contributed by atoms with Gasteiger partial charge in [0.15, 0.2) is 0 Å². The van der Waals surface area contributed by atoms with E-state index in [1.54, 1.807) is 11.8 Å². The number of rotatable bonds is 5. The van der Waals surface area contributed by atoms with Gasteiger partial charge in [-0.25, -0.2) is 0 Å². The molecule has 4 aromatic rings. The monoisotopic (exact) mass is 411 g/mol. The van der Waals surface area contributed by atoms with E-state index >= 15 is 0 Å². The van der Waals surface area contributed by atoms with Crippen LogP contribution in [0, 0.1) is 0 Å². The Morgan fingerprint density at radius 1 is 0.933 bits per heavy atom. The fourth-order valence-corrected chi connectivity index (χ4v) is 4.50. The van der Waals surface area contributed by atoms with Gasteiger partial charge in [-0.1, -0.05) is 72.8 Å². The van der Waals surface area contributed by atoms with Gasteiger partial charge in [0, 0.05) is 22.6 Å². The molecule has 0 aliphatic carbocycles. The maximum atomic E-state index is 13.4. The number of fused-ring (bicyclic) bond motifs is 1. The van der Waals surface area contributed by atoms with Crippen LogP contribution >= 0.6 is 11.8 Å². The fourth-order valence-electron chi connectivity index (χ4n) is 4.09. The number of carbonyl (C=O) groups is 1. The van der Waals surface area contributed by atoms with E-state index in [-0.39, 0.29) is 11.9 Å². The molecule has 1 amide bonds. The molecule has 1 N–H and O–H groups in total. The van der Waals surface area contributed by atoms with Gasteiger partial charge in [0.25, 0.3) is 5.91 Å². The molecular formula is C25H21N3OS. The minimum absolute atomic E-state index is 0.0116. The lowest BCUT2D eigenvalue weighted by Crippen LogP contribution is -2.29. The highest BCUT2D eigenvalue weighted by Gasteiger charge is 2.42. The number of benzene rings is 3. The molecule has 0 radical (unpaired) electrons. The van der Waals surface area contributed by atoms with Crippen molar-refractivity contribution in [1.29, 1.82) is 0 Å². The SMILES string of the molecule is CSc1ccc(C2c3c(-c4ccccc4)n[nH]c3C(=O)N2Cc2ccccc2)cc1. The Morgan fingerprint density at radius 3 is 2.27 bits per heavy atom. The zero-order valence-corrected chi connectivity index (χ0v) is 17.4. The van der Waals surface area contributed by atoms with Crippen LogP contribution in [0.5, 0.6) is 0 Å². The summed E-state index contributed by atoms with van der Waals surface area (Å²) in [6.45, 7) is 0.547. The highest BCUT2D eigenvalue weighted by Crippen LogP contribution is 2.43. The van der Waals surface area contributed by atoms with Gasteiger partial charge in [-0.15, -0.1) is 11.8 Å². The second-order valence-electron chi connectivity index (χ2n) is 7.32. The lowest BCUT2D eigenvalue weighted by Gasteiger charge is -2.26. The third-order valence-electron chi connectivity index (χ3n) is 5.54. The van der Waals surface area contributed by atoms with Gasteiger partial charge in [-0.2, -0.15) is 5.10 Å². The van der Waals surface area contributed by atoms with Gasteiger partial charge < -0.3 is 4.90 Å². The molecule has 0 bridgehead atoms. The molecule has 0 spiro atoms. The van der Waals surface area contributed by atoms with Crippen molar-refractivity contribution in [3.8, 4) is 11.3 Å². The Labute approximate surface area is 179 Å². The molecule has 0 saturated carbocycles. The van der Waals surface area contributed by atoms with Crippen molar-refractivity contribution in [2.24, 2.45) is 0 Å². The average molecular weight is 412 g/mol. The summed E-state index contributed by atoms with van der Waals surface area (Å²) in [5.74, 6) is -0.0116. The van der Waals surface area contributed by atoms with Crippen LogP contribution in [0.1, 0.15) is 33.2 Å². The molecule has 1 unspecified atom stereocenters. The van der Waals surface area contributed by atoms with Crippen molar-refractivity contribution in [1.82, 2.24) is 15.1 Å². The predicted molar refractivity (Wildman–Crippen MR) is 120 cm³/mol. The summed E-state index contributed by atoms with van der Waals surface area (Å²) in [7, 11) is 0. The number of hydrogen-bond acceptors (Lipinski definition) is 3. The van der Waals surface area contributed by atoms with Gasteiger partial charge in [0.1, 0.15) is 5.69 Å². The van der Waals surface area contributed by atoms with E-state index in [1.807, 2.05) is 53.4 Å². The quantitative estimate of drug-likeness (QED) is 0.439. The Morgan fingerprint density at radius 2 is 1.60 bits per heavy atom. The molecule has 2 heterocycles. The van der Waals surface area contributed by atoms with Crippen LogP contribution in [0.2, 0.25) is 0 Å². The second-order valence-corrected chi connectivity index (χ2v) is 8.20. The number of aromatic amines is 1. The molecule has 1 aliphatic rings. The number of carbonyl (C=O) groups excluding carboxylic acids is 1. The molecule has 5 rings (SSSR count). The summed E-state index contributed by atoms with van der Waals surface area (Å²) in [4.78, 5) is 16.5. The minimum Gasteiger partial charge on any atom is -0.322 e. The highest BCUT2D eigenvalue weighted by molar-refractivity contribution is 7.98. The van der Waals surface area contributed by atoms with E-state index in [0.29, 0.717) is 12.2 Å². The first-order valence-corrected chi connectivity index (χ1v) is 11.1. The maximum absolute atomic E-state index is 13.4. The fraction of sp³-hybridized carbons (Fsp3) is 0.120. The summed E-state index contributed by atoms with van der Waals surface area (Å²) in [5, 5.41) is 7.56. The van der Waals surface area contributed by atoms with E-state index < -0.39 is 0 Å². The first kappa shape index (κ1) is 18.7. The molecule has 5 heteroatoms. The number of nitrogens with zero attached hydrogens (tertiary/aromatic N) is 2. The average Bonchev–Trinajstić information content (AvgIpc) is 3.35. The van der Waals surface area contributed by atoms with Crippen molar-refractivity contribution < 1.29 is 4.79 Å². The number of amides is 1. The summed E-state index contributed by atoms with van der Waals surface area (Å²) >= 11 is 1.71. The van der Waals surface area contributed by atoms with Gasteiger partial charge in [0.05, 0.1) is 11.7 Å². The first-order valence-electron chi connectivity index (χ1n) is 9.89. The second kappa shape index (κ2) is 7.84. The minimum atomic E-state index is -0.183. The van der Waals surface area contributed by atoms with E-state index in [0.717, 1.165) is 27.9 Å². The molecule has 0 saturated heterocycles. The van der Waals surface area contributed by atoms with Crippen LogP contribution in [-0.4, -0.2) is 27.3 Å². The zero-order chi connectivity index (χ0) is 20.5. The summed E-state index contributed by atoms with van der Waals surface area (Å²) in [6, 6.07) is 28.5. The van der Waals surface area contributed by atoms with Crippen molar-refractivity contribution in [3.63, 3.8) is 0 Å². The lowest BCUT2D eigenvalue weighted by atomic mass is 9.96. The van der Waals surface area contributed by atoms with Gasteiger partial charge in [-0.3, -0.25) is 9.89 Å². The van der Waals surface area contributed by atoms with Gasteiger partial charge in [0.2, 0.25) is 0 Å². The Balaban J connectivity index is 1.64. The number of aromatic nitrogens is 2. The Bertz CT molecular complexity index is 1170. The number of H-pyrrole nitrogens is 1. The van der Waals surface area contributed by atoms with Crippen LogP contribution in [-0.2, 0) is 6.54 Å². The first-order chi connectivity index (χ1) is 14.8. The Hall–Kier alpha value is -3.31. The van der Waals surface area contributed by atoms with Crippen LogP contribution in [0.3, 0.4) is 0 Å². The topological polar surface area (TPSA) is 49.0 Å². The summed E-state index contributed by atoms with van der Waals surface area (Å²) in [6.07, 6.45) is 2.07. The smallest absolute Gasteiger partial charge is 0.273 e. The maximum Gasteiger partial charge on any atom is 0.273 e. The zero-order valence-electron chi connectivity index (χ0n) is 16.6. The van der Waals surface area contributed by atoms with Crippen LogP contribution in [0.15, 0.2) is 89.8 Å². The number of hydrogen-bond donors (Lipinski definition) is 1. The molecule has 148 valence electrons. The molecule has 30 heavy (non-hydrogen) atoms. The van der Waals surface area contributed by atoms with E-state index in [2.05, 4.69) is 52.9 Å². The van der Waals surface area contributed by atoms with Crippen molar-refractivity contribution in [3.05, 3.63) is 107 Å². The molecule has 1 atom stereocenters. The van der Waals surface area contributed by atoms with Crippen molar-refractivity contribution in [2.45, 2.75) is 17.5 Å². The molecule has 1 aliphatic heterocycles. The summed E-state index contributed by atoms with van der Waals surface area (Å²) in [5.41, 5.74) is 5.59. The van der Waals surface area contributed by atoms with Gasteiger partial charge in [-0.05, 0) is 29.5 Å².